The molecule has 0 aliphatic rings. The van der Waals surface area contributed by atoms with E-state index in [1.807, 2.05) is 30.3 Å². The third kappa shape index (κ3) is 7.91. The topological polar surface area (TPSA) is 70.8 Å². The normalized spacial score (nSPS) is 11.1. The lowest BCUT2D eigenvalue weighted by Crippen LogP contribution is -2.13. The van der Waals surface area contributed by atoms with E-state index >= 15 is 0 Å². The van der Waals surface area contributed by atoms with E-state index in [0.717, 1.165) is 11.3 Å². The quantitative estimate of drug-likeness (QED) is 0.325. The molecule has 114 valence electrons. The predicted octanol–water partition coefficient (Wildman–Crippen LogP) is 1.78. The Morgan fingerprint density at radius 3 is 2.57 bits per heavy atom. The average Bonchev–Trinajstić information content (AvgIpc) is 2.52. The second-order valence-electron chi connectivity index (χ2n) is 4.06. The summed E-state index contributed by atoms with van der Waals surface area (Å²) in [6.45, 7) is 1.52. The van der Waals surface area contributed by atoms with Crippen molar-refractivity contribution >= 4 is 12.0 Å². The van der Waals surface area contributed by atoms with Crippen molar-refractivity contribution in [3.8, 4) is 5.75 Å². The summed E-state index contributed by atoms with van der Waals surface area (Å²) in [6.07, 6.45) is 6.65. The van der Waals surface area contributed by atoms with Gasteiger partial charge in [0.25, 0.3) is 0 Å². The highest BCUT2D eigenvalue weighted by atomic mass is 16.6. The number of methoxy groups -OCH3 is 1. The van der Waals surface area contributed by atoms with Crippen LogP contribution < -0.4 is 10.5 Å². The van der Waals surface area contributed by atoms with Crippen LogP contribution in [0.5, 0.6) is 5.75 Å². The zero-order valence-electron chi connectivity index (χ0n) is 12.2. The van der Waals surface area contributed by atoms with Crippen LogP contribution in [0.3, 0.4) is 0 Å². The summed E-state index contributed by atoms with van der Waals surface area (Å²) in [4.78, 5) is 11.3. The van der Waals surface area contributed by atoms with Gasteiger partial charge in [-0.2, -0.15) is 0 Å². The van der Waals surface area contributed by atoms with Gasteiger partial charge in [0.05, 0.1) is 20.3 Å². The number of carbonyl (C=O) groups is 1. The van der Waals surface area contributed by atoms with Gasteiger partial charge in [-0.3, -0.25) is 0 Å². The standard InChI is InChI=1S/C16H21NO4/c1-19-15-8-6-14(7-9-15)4-2-3-5-16(18)21-13-12-20-11-10-17/h2-9H,10-13,17H2,1H3/b4-2+,5-3+. The molecule has 0 heterocycles. The van der Waals surface area contributed by atoms with Gasteiger partial charge in [-0.05, 0) is 17.7 Å². The Hall–Kier alpha value is -2.11. The lowest BCUT2D eigenvalue weighted by molar-refractivity contribution is -0.139. The van der Waals surface area contributed by atoms with Gasteiger partial charge in [0.15, 0.2) is 0 Å². The molecule has 0 aliphatic heterocycles. The minimum atomic E-state index is -0.397. The number of ether oxygens (including phenoxy) is 3. The molecule has 0 aliphatic carbocycles. The summed E-state index contributed by atoms with van der Waals surface area (Å²) < 4.78 is 15.1. The van der Waals surface area contributed by atoms with Crippen LogP contribution in [0.1, 0.15) is 5.56 Å². The van der Waals surface area contributed by atoms with Crippen molar-refractivity contribution < 1.29 is 19.0 Å². The average molecular weight is 291 g/mol. The van der Waals surface area contributed by atoms with Crippen molar-refractivity contribution in [3.05, 3.63) is 48.1 Å². The van der Waals surface area contributed by atoms with Crippen molar-refractivity contribution in [2.75, 3.05) is 33.5 Å². The molecule has 2 N–H and O–H groups in total. The molecule has 5 heteroatoms. The van der Waals surface area contributed by atoms with E-state index in [1.165, 1.54) is 6.08 Å². The molecule has 1 aromatic rings. The molecule has 0 atom stereocenters. The molecule has 0 bridgehead atoms. The number of esters is 1. The highest BCUT2D eigenvalue weighted by molar-refractivity contribution is 5.82. The largest absolute Gasteiger partial charge is 0.497 e. The molecule has 0 fully saturated rings. The SMILES string of the molecule is COc1ccc(/C=C/C=C/C(=O)OCCOCCN)cc1. The zero-order valence-corrected chi connectivity index (χ0v) is 12.2. The smallest absolute Gasteiger partial charge is 0.330 e. The van der Waals surface area contributed by atoms with E-state index in [1.54, 1.807) is 19.3 Å². The predicted molar refractivity (Wildman–Crippen MR) is 82.0 cm³/mol. The molecule has 5 nitrogen and oxygen atoms in total. The number of benzene rings is 1. The maximum absolute atomic E-state index is 11.3. The molecule has 0 saturated heterocycles. The van der Waals surface area contributed by atoms with Crippen LogP contribution in [0.2, 0.25) is 0 Å². The van der Waals surface area contributed by atoms with Crippen LogP contribution in [-0.4, -0.2) is 39.4 Å². The number of nitrogens with two attached hydrogens (primary N) is 1. The Morgan fingerprint density at radius 2 is 1.90 bits per heavy atom. The molecule has 1 aromatic carbocycles. The molecule has 0 spiro atoms. The first-order chi connectivity index (χ1) is 10.3. The minimum absolute atomic E-state index is 0.228. The Balaban J connectivity index is 2.25. The molecule has 0 aromatic heterocycles. The Labute approximate surface area is 125 Å². The van der Waals surface area contributed by atoms with Crippen LogP contribution in [0.25, 0.3) is 6.08 Å². The minimum Gasteiger partial charge on any atom is -0.497 e. The molecule has 0 amide bonds. The van der Waals surface area contributed by atoms with Gasteiger partial charge in [0.2, 0.25) is 0 Å². The van der Waals surface area contributed by atoms with E-state index in [9.17, 15) is 4.79 Å². The first-order valence-corrected chi connectivity index (χ1v) is 6.69. The van der Waals surface area contributed by atoms with Crippen LogP contribution in [0.15, 0.2) is 42.5 Å². The summed E-state index contributed by atoms with van der Waals surface area (Å²) in [7, 11) is 1.63. The summed E-state index contributed by atoms with van der Waals surface area (Å²) in [5.41, 5.74) is 6.27. The fourth-order valence-electron chi connectivity index (χ4n) is 1.45. The molecule has 0 saturated carbocycles. The van der Waals surface area contributed by atoms with E-state index in [-0.39, 0.29) is 6.61 Å². The fraction of sp³-hybridized carbons (Fsp3) is 0.312. The van der Waals surface area contributed by atoms with Crippen molar-refractivity contribution in [2.24, 2.45) is 5.73 Å². The lowest BCUT2D eigenvalue weighted by atomic mass is 10.2. The third-order valence-corrected chi connectivity index (χ3v) is 2.48. The highest BCUT2D eigenvalue weighted by Crippen LogP contribution is 2.12. The number of hydrogen-bond donors (Lipinski definition) is 1. The monoisotopic (exact) mass is 291 g/mol. The summed E-state index contributed by atoms with van der Waals surface area (Å²) in [5.74, 6) is 0.411. The van der Waals surface area contributed by atoms with Crippen molar-refractivity contribution in [1.29, 1.82) is 0 Å². The molecule has 1 rings (SSSR count). The molecule has 0 unspecified atom stereocenters. The molecule has 21 heavy (non-hydrogen) atoms. The maximum Gasteiger partial charge on any atom is 0.330 e. The van der Waals surface area contributed by atoms with Crippen LogP contribution in [-0.2, 0) is 14.3 Å². The Kier molecular flexibility index (Phi) is 8.59. The van der Waals surface area contributed by atoms with Gasteiger partial charge < -0.3 is 19.9 Å². The lowest BCUT2D eigenvalue weighted by Gasteiger charge is -2.02. The van der Waals surface area contributed by atoms with Gasteiger partial charge in [-0.15, -0.1) is 0 Å². The summed E-state index contributed by atoms with van der Waals surface area (Å²) in [6, 6.07) is 7.60. The number of carbonyl (C=O) groups excluding carboxylic acids is 1. The van der Waals surface area contributed by atoms with E-state index in [0.29, 0.717) is 19.8 Å². The van der Waals surface area contributed by atoms with Crippen molar-refractivity contribution in [1.82, 2.24) is 0 Å². The molecular weight excluding hydrogens is 270 g/mol. The van der Waals surface area contributed by atoms with Gasteiger partial charge in [-0.25, -0.2) is 4.79 Å². The summed E-state index contributed by atoms with van der Waals surface area (Å²) >= 11 is 0. The number of allylic oxidation sites excluding steroid dienone is 2. The fourth-order valence-corrected chi connectivity index (χ4v) is 1.45. The number of hydrogen-bond acceptors (Lipinski definition) is 5. The molecular formula is C16H21NO4. The van der Waals surface area contributed by atoms with Crippen LogP contribution >= 0.6 is 0 Å². The second-order valence-corrected chi connectivity index (χ2v) is 4.06. The van der Waals surface area contributed by atoms with E-state index in [2.05, 4.69) is 0 Å². The van der Waals surface area contributed by atoms with Crippen molar-refractivity contribution in [2.45, 2.75) is 0 Å². The van der Waals surface area contributed by atoms with E-state index < -0.39 is 5.97 Å². The highest BCUT2D eigenvalue weighted by Gasteiger charge is 1.95. The van der Waals surface area contributed by atoms with Gasteiger partial charge in [0, 0.05) is 12.6 Å². The van der Waals surface area contributed by atoms with Gasteiger partial charge in [-0.1, -0.05) is 30.4 Å². The Morgan fingerprint density at radius 1 is 1.14 bits per heavy atom. The van der Waals surface area contributed by atoms with Gasteiger partial charge in [0.1, 0.15) is 12.4 Å². The summed E-state index contributed by atoms with van der Waals surface area (Å²) in [5, 5.41) is 0. The van der Waals surface area contributed by atoms with Crippen LogP contribution in [0, 0.1) is 0 Å². The third-order valence-electron chi connectivity index (χ3n) is 2.48. The van der Waals surface area contributed by atoms with Crippen molar-refractivity contribution in [3.63, 3.8) is 0 Å². The van der Waals surface area contributed by atoms with Gasteiger partial charge >= 0.3 is 5.97 Å². The zero-order chi connectivity index (χ0) is 15.3. The van der Waals surface area contributed by atoms with Crippen LogP contribution in [0.4, 0.5) is 0 Å². The van der Waals surface area contributed by atoms with E-state index in [4.69, 9.17) is 19.9 Å². The second kappa shape index (κ2) is 10.7. The first kappa shape index (κ1) is 16.9. The molecule has 0 radical (unpaired) electrons. The first-order valence-electron chi connectivity index (χ1n) is 6.69. The maximum atomic E-state index is 11.3. The Bertz CT molecular complexity index is 466. The number of rotatable bonds is 9.